The van der Waals surface area contributed by atoms with Gasteiger partial charge in [-0.05, 0) is 6.42 Å². The van der Waals surface area contributed by atoms with Gasteiger partial charge in [0.15, 0.2) is 0 Å². The van der Waals surface area contributed by atoms with Crippen LogP contribution >= 0.6 is 12.2 Å². The normalized spacial score (nSPS) is 12.4. The van der Waals surface area contributed by atoms with E-state index < -0.39 is 11.9 Å². The summed E-state index contributed by atoms with van der Waals surface area (Å²) in [5, 5.41) is 3.94. The summed E-state index contributed by atoms with van der Waals surface area (Å²) in [6, 6.07) is -0.495. The largest absolute Gasteiger partial charge is 0.387 e. The molecule has 0 aliphatic heterocycles. The second-order valence-corrected chi connectivity index (χ2v) is 3.18. The Hall–Kier alpha value is -1.50. The van der Waals surface area contributed by atoms with E-state index in [9.17, 15) is 4.79 Å². The number of rotatable bonds is 4. The van der Waals surface area contributed by atoms with Crippen LogP contribution in [0.2, 0.25) is 0 Å². The van der Waals surface area contributed by atoms with E-state index in [-0.39, 0.29) is 10.8 Å². The Balaban J connectivity index is 2.95. The molecule has 1 atom stereocenters. The third kappa shape index (κ3) is 2.05. The van der Waals surface area contributed by atoms with Gasteiger partial charge in [0.2, 0.25) is 11.7 Å². The molecule has 0 saturated heterocycles. The molecule has 1 amide bonds. The SMILES string of the molecule is CCC(C(N)=O)n1cnc(C(N)=S)n1. The van der Waals surface area contributed by atoms with Crippen LogP contribution < -0.4 is 11.5 Å². The number of nitrogens with two attached hydrogens (primary N) is 2. The minimum absolute atomic E-state index is 0.100. The Morgan fingerprint density at radius 2 is 2.36 bits per heavy atom. The standard InChI is InChI=1S/C7H11N5OS/c1-2-4(5(8)13)12-3-10-7(11-12)6(9)14/h3-4H,2H2,1H3,(H2,8,13)(H2,9,14). The average molecular weight is 213 g/mol. The number of aromatic nitrogens is 3. The number of carbonyl (C=O) groups excluding carboxylic acids is 1. The number of thiocarbonyl (C=S) groups is 1. The topological polar surface area (TPSA) is 99.8 Å². The second kappa shape index (κ2) is 4.14. The number of hydrogen-bond donors (Lipinski definition) is 2. The number of hydrogen-bond acceptors (Lipinski definition) is 4. The maximum absolute atomic E-state index is 11.0. The minimum Gasteiger partial charge on any atom is -0.387 e. The summed E-state index contributed by atoms with van der Waals surface area (Å²) < 4.78 is 1.37. The summed E-state index contributed by atoms with van der Waals surface area (Å²) in [7, 11) is 0. The van der Waals surface area contributed by atoms with E-state index >= 15 is 0 Å². The van der Waals surface area contributed by atoms with Crippen molar-refractivity contribution in [3.8, 4) is 0 Å². The molecule has 7 heteroatoms. The van der Waals surface area contributed by atoms with Crippen molar-refractivity contribution in [2.75, 3.05) is 0 Å². The first-order valence-corrected chi connectivity index (χ1v) is 4.47. The summed E-state index contributed by atoms with van der Waals surface area (Å²) in [5.41, 5.74) is 10.5. The summed E-state index contributed by atoms with van der Waals surface area (Å²) in [5.74, 6) is -0.202. The van der Waals surface area contributed by atoms with Crippen molar-refractivity contribution >= 4 is 23.1 Å². The third-order valence-electron chi connectivity index (χ3n) is 1.76. The molecule has 0 fully saturated rings. The lowest BCUT2D eigenvalue weighted by Crippen LogP contribution is -2.26. The molecule has 1 unspecified atom stereocenters. The van der Waals surface area contributed by atoms with Crippen molar-refractivity contribution in [3.05, 3.63) is 12.2 Å². The fourth-order valence-electron chi connectivity index (χ4n) is 1.06. The molecule has 0 bridgehead atoms. The highest BCUT2D eigenvalue weighted by molar-refractivity contribution is 7.80. The smallest absolute Gasteiger partial charge is 0.242 e. The first kappa shape index (κ1) is 10.6. The second-order valence-electron chi connectivity index (χ2n) is 2.74. The third-order valence-corrected chi connectivity index (χ3v) is 1.95. The van der Waals surface area contributed by atoms with Crippen molar-refractivity contribution < 1.29 is 4.79 Å². The van der Waals surface area contributed by atoms with Crippen LogP contribution in [-0.4, -0.2) is 25.7 Å². The summed E-state index contributed by atoms with van der Waals surface area (Å²) in [4.78, 5) is 14.9. The van der Waals surface area contributed by atoms with Gasteiger partial charge in [0.1, 0.15) is 17.4 Å². The summed E-state index contributed by atoms with van der Waals surface area (Å²) in [6.07, 6.45) is 1.95. The summed E-state index contributed by atoms with van der Waals surface area (Å²) >= 11 is 4.69. The van der Waals surface area contributed by atoms with Gasteiger partial charge in [0.05, 0.1) is 0 Å². The maximum Gasteiger partial charge on any atom is 0.242 e. The van der Waals surface area contributed by atoms with Gasteiger partial charge in [-0.3, -0.25) is 4.79 Å². The van der Waals surface area contributed by atoms with Gasteiger partial charge in [0.25, 0.3) is 0 Å². The molecule has 6 nitrogen and oxygen atoms in total. The van der Waals surface area contributed by atoms with E-state index in [0.717, 1.165) is 0 Å². The highest BCUT2D eigenvalue weighted by Gasteiger charge is 2.17. The number of amides is 1. The van der Waals surface area contributed by atoms with Crippen LogP contribution in [-0.2, 0) is 4.79 Å². The van der Waals surface area contributed by atoms with Gasteiger partial charge < -0.3 is 11.5 Å². The fourth-order valence-corrected chi connectivity index (χ4v) is 1.15. The fraction of sp³-hybridized carbons (Fsp3) is 0.429. The number of primary amides is 1. The van der Waals surface area contributed by atoms with Gasteiger partial charge in [-0.15, -0.1) is 5.10 Å². The molecule has 1 aromatic rings. The predicted molar refractivity (Wildman–Crippen MR) is 54.4 cm³/mol. The first-order valence-electron chi connectivity index (χ1n) is 4.06. The molecule has 0 saturated carbocycles. The van der Waals surface area contributed by atoms with Gasteiger partial charge in [-0.1, -0.05) is 19.1 Å². The highest BCUT2D eigenvalue weighted by atomic mass is 32.1. The lowest BCUT2D eigenvalue weighted by molar-refractivity contribution is -0.121. The lowest BCUT2D eigenvalue weighted by Gasteiger charge is -2.09. The average Bonchev–Trinajstić information content (AvgIpc) is 2.53. The van der Waals surface area contributed by atoms with Crippen molar-refractivity contribution in [2.45, 2.75) is 19.4 Å². The number of nitrogens with zero attached hydrogens (tertiary/aromatic N) is 3. The van der Waals surface area contributed by atoms with E-state index in [1.165, 1.54) is 11.0 Å². The molecule has 76 valence electrons. The molecule has 4 N–H and O–H groups in total. The Bertz CT molecular complexity index is 361. The molecule has 0 aliphatic rings. The van der Waals surface area contributed by atoms with Crippen LogP contribution in [0, 0.1) is 0 Å². The maximum atomic E-state index is 11.0. The minimum atomic E-state index is -0.495. The zero-order valence-corrected chi connectivity index (χ0v) is 8.49. The molecular weight excluding hydrogens is 202 g/mol. The first-order chi connectivity index (χ1) is 6.56. The Kier molecular flexibility index (Phi) is 3.13. The summed E-state index contributed by atoms with van der Waals surface area (Å²) in [6.45, 7) is 1.83. The van der Waals surface area contributed by atoms with E-state index in [1.807, 2.05) is 6.92 Å². The molecule has 0 spiro atoms. The number of carbonyl (C=O) groups is 1. The van der Waals surface area contributed by atoms with Crippen LogP contribution in [0.4, 0.5) is 0 Å². The van der Waals surface area contributed by atoms with E-state index in [1.54, 1.807) is 0 Å². The van der Waals surface area contributed by atoms with E-state index in [2.05, 4.69) is 22.3 Å². The van der Waals surface area contributed by atoms with Crippen LogP contribution in [0.25, 0.3) is 0 Å². The molecule has 0 aromatic carbocycles. The van der Waals surface area contributed by atoms with Crippen LogP contribution in [0.1, 0.15) is 25.2 Å². The molecule has 0 radical (unpaired) electrons. The zero-order valence-electron chi connectivity index (χ0n) is 7.67. The Morgan fingerprint density at radius 3 is 2.71 bits per heavy atom. The zero-order chi connectivity index (χ0) is 10.7. The van der Waals surface area contributed by atoms with Gasteiger partial charge in [-0.2, -0.15) is 0 Å². The molecule has 1 aromatic heterocycles. The quantitative estimate of drug-likeness (QED) is 0.647. The molecular formula is C7H11N5OS. The van der Waals surface area contributed by atoms with Gasteiger partial charge in [0, 0.05) is 0 Å². The molecule has 0 aliphatic carbocycles. The highest BCUT2D eigenvalue weighted by Crippen LogP contribution is 2.08. The van der Waals surface area contributed by atoms with Crippen LogP contribution in [0.15, 0.2) is 6.33 Å². The van der Waals surface area contributed by atoms with Crippen molar-refractivity contribution in [1.82, 2.24) is 14.8 Å². The van der Waals surface area contributed by atoms with Crippen LogP contribution in [0.3, 0.4) is 0 Å². The predicted octanol–water partition coefficient (Wildman–Crippen LogP) is -0.651. The molecule has 14 heavy (non-hydrogen) atoms. The van der Waals surface area contributed by atoms with Crippen molar-refractivity contribution in [1.29, 1.82) is 0 Å². The Morgan fingerprint density at radius 1 is 1.71 bits per heavy atom. The Labute approximate surface area is 86.3 Å². The van der Waals surface area contributed by atoms with Crippen molar-refractivity contribution in [3.63, 3.8) is 0 Å². The van der Waals surface area contributed by atoms with Crippen LogP contribution in [0.5, 0.6) is 0 Å². The van der Waals surface area contributed by atoms with E-state index in [4.69, 9.17) is 11.5 Å². The lowest BCUT2D eigenvalue weighted by atomic mass is 10.2. The molecule has 1 rings (SSSR count). The molecule has 1 heterocycles. The van der Waals surface area contributed by atoms with Gasteiger partial charge >= 0.3 is 0 Å². The van der Waals surface area contributed by atoms with Crippen molar-refractivity contribution in [2.24, 2.45) is 11.5 Å². The monoisotopic (exact) mass is 213 g/mol. The van der Waals surface area contributed by atoms with E-state index in [0.29, 0.717) is 6.42 Å². The van der Waals surface area contributed by atoms with Gasteiger partial charge in [-0.25, -0.2) is 9.67 Å².